The van der Waals surface area contributed by atoms with E-state index in [0.29, 0.717) is 12.3 Å². The Hall–Kier alpha value is -3.31. The zero-order chi connectivity index (χ0) is 27.6. The third-order valence-corrected chi connectivity index (χ3v) is 8.91. The monoisotopic (exact) mass is 525 g/mol. The van der Waals surface area contributed by atoms with Gasteiger partial charge in [-0.05, 0) is 68.4 Å². The Morgan fingerprint density at radius 3 is 2.08 bits per heavy atom. The van der Waals surface area contributed by atoms with E-state index in [1.54, 1.807) is 0 Å². The highest BCUT2D eigenvalue weighted by molar-refractivity contribution is 5.76. The Morgan fingerprint density at radius 2 is 1.49 bits per heavy atom. The number of ether oxygens (including phenoxy) is 1. The highest BCUT2D eigenvalue weighted by atomic mass is 16.5. The lowest BCUT2D eigenvalue weighted by molar-refractivity contribution is -0.133. The molecule has 2 aliphatic rings. The molecule has 0 aliphatic carbocycles. The lowest BCUT2D eigenvalue weighted by Gasteiger charge is -2.38. The van der Waals surface area contributed by atoms with E-state index in [2.05, 4.69) is 98.2 Å². The van der Waals surface area contributed by atoms with Crippen molar-refractivity contribution in [2.75, 3.05) is 38.5 Å². The molecule has 1 saturated heterocycles. The lowest BCUT2D eigenvalue weighted by atomic mass is 9.87. The normalized spacial score (nSPS) is 19.3. The average molecular weight is 526 g/mol. The minimum absolute atomic E-state index is 0.270. The topological polar surface area (TPSA) is 58.8 Å². The first-order valence-electron chi connectivity index (χ1n) is 14.4. The molecule has 2 N–H and O–H groups in total. The fraction of sp³-hybridized carbons (Fsp3) is 0.441. The van der Waals surface area contributed by atoms with Gasteiger partial charge >= 0.3 is 0 Å². The van der Waals surface area contributed by atoms with Crippen molar-refractivity contribution in [3.05, 3.63) is 94.0 Å². The summed E-state index contributed by atoms with van der Waals surface area (Å²) in [6.45, 7) is 12.7. The molecule has 5 nitrogen and oxygen atoms in total. The van der Waals surface area contributed by atoms with Crippen molar-refractivity contribution in [1.29, 1.82) is 0 Å². The predicted molar refractivity (Wildman–Crippen MR) is 159 cm³/mol. The number of rotatable bonds is 8. The molecule has 0 radical (unpaired) electrons. The first-order chi connectivity index (χ1) is 18.8. The van der Waals surface area contributed by atoms with Crippen molar-refractivity contribution >= 4 is 11.6 Å². The Bertz CT molecular complexity index is 1220. The number of carbonyl (C=O) groups is 1. The number of fused-ring (bicyclic) bond motifs is 1. The van der Waals surface area contributed by atoms with E-state index in [0.717, 1.165) is 80.1 Å². The number of anilines is 1. The van der Waals surface area contributed by atoms with E-state index in [1.807, 2.05) is 0 Å². The van der Waals surface area contributed by atoms with Gasteiger partial charge < -0.3 is 15.4 Å². The van der Waals surface area contributed by atoms with Crippen molar-refractivity contribution in [2.24, 2.45) is 0 Å². The summed E-state index contributed by atoms with van der Waals surface area (Å²) < 4.78 is 6.59. The van der Waals surface area contributed by atoms with E-state index < -0.39 is 0 Å². The third-order valence-electron chi connectivity index (χ3n) is 8.91. The molecule has 1 amide bonds. The van der Waals surface area contributed by atoms with Crippen LogP contribution in [0.3, 0.4) is 0 Å². The van der Waals surface area contributed by atoms with Gasteiger partial charge in [-0.25, -0.2) is 0 Å². The molecule has 0 spiro atoms. The zero-order valence-corrected chi connectivity index (χ0v) is 24.0. The van der Waals surface area contributed by atoms with Crippen molar-refractivity contribution in [3.63, 3.8) is 0 Å². The van der Waals surface area contributed by atoms with Crippen LogP contribution in [-0.4, -0.2) is 54.0 Å². The quantitative estimate of drug-likeness (QED) is 0.365. The van der Waals surface area contributed by atoms with Gasteiger partial charge in [0.25, 0.3) is 0 Å². The highest BCUT2D eigenvalue weighted by Crippen LogP contribution is 2.44. The van der Waals surface area contributed by atoms with Gasteiger partial charge in [0.05, 0.1) is 0 Å². The SMILES string of the molecule is Cc1c(C)c2c(c(C)c1N)CC(C)(CN1CCN(C(=O)CCCC(c3ccccc3)c3ccccc3)CC1)O2. The van der Waals surface area contributed by atoms with E-state index in [9.17, 15) is 4.79 Å². The van der Waals surface area contributed by atoms with E-state index >= 15 is 0 Å². The molecule has 3 aromatic carbocycles. The van der Waals surface area contributed by atoms with Crippen LogP contribution >= 0.6 is 0 Å². The molecular formula is C34H43N3O2. The van der Waals surface area contributed by atoms with Gasteiger partial charge in [-0.2, -0.15) is 0 Å². The van der Waals surface area contributed by atoms with E-state index in [4.69, 9.17) is 10.5 Å². The maximum Gasteiger partial charge on any atom is 0.222 e. The summed E-state index contributed by atoms with van der Waals surface area (Å²) in [5.74, 6) is 1.63. The average Bonchev–Trinajstić information content (AvgIpc) is 3.31. The summed E-state index contributed by atoms with van der Waals surface area (Å²) in [6, 6.07) is 21.3. The number of piperazine rings is 1. The van der Waals surface area contributed by atoms with Crippen molar-refractivity contribution < 1.29 is 9.53 Å². The summed E-state index contributed by atoms with van der Waals surface area (Å²) in [7, 11) is 0. The van der Waals surface area contributed by atoms with Crippen LogP contribution in [0.25, 0.3) is 0 Å². The van der Waals surface area contributed by atoms with E-state index in [1.165, 1.54) is 16.7 Å². The van der Waals surface area contributed by atoms with E-state index in [-0.39, 0.29) is 11.5 Å². The Kier molecular flexibility index (Phi) is 7.99. The highest BCUT2D eigenvalue weighted by Gasteiger charge is 2.40. The van der Waals surface area contributed by atoms with Gasteiger partial charge in [-0.15, -0.1) is 0 Å². The molecule has 1 fully saturated rings. The largest absolute Gasteiger partial charge is 0.485 e. The fourth-order valence-corrected chi connectivity index (χ4v) is 6.45. The minimum Gasteiger partial charge on any atom is -0.485 e. The number of amides is 1. The van der Waals surface area contributed by atoms with Crippen LogP contribution in [0.15, 0.2) is 60.7 Å². The first kappa shape index (κ1) is 27.3. The van der Waals surface area contributed by atoms with Crippen molar-refractivity contribution in [2.45, 2.75) is 64.9 Å². The minimum atomic E-state index is -0.270. The second kappa shape index (κ2) is 11.4. The standard InChI is InChI=1S/C34H43N3O2/c1-24-25(2)33-30(26(3)32(24)35)22-34(4,39-33)23-36-18-20-37(21-19-36)31(38)17-11-16-29(27-12-7-5-8-13-27)28-14-9-6-10-15-28/h5-10,12-15,29H,11,16-23,35H2,1-4H3. The van der Waals surface area contributed by atoms with Crippen LogP contribution in [0.2, 0.25) is 0 Å². The number of nitrogens with zero attached hydrogens (tertiary/aromatic N) is 2. The molecule has 0 saturated carbocycles. The molecule has 3 aromatic rings. The summed E-state index contributed by atoms with van der Waals surface area (Å²) in [5, 5.41) is 0. The molecule has 1 atom stereocenters. The van der Waals surface area contributed by atoms with Gasteiger partial charge in [0.1, 0.15) is 11.4 Å². The van der Waals surface area contributed by atoms with Gasteiger partial charge in [-0.3, -0.25) is 9.69 Å². The summed E-state index contributed by atoms with van der Waals surface area (Å²) >= 11 is 0. The lowest BCUT2D eigenvalue weighted by Crippen LogP contribution is -2.53. The number of hydrogen-bond acceptors (Lipinski definition) is 4. The van der Waals surface area contributed by atoms with Gasteiger partial charge in [-0.1, -0.05) is 60.7 Å². The van der Waals surface area contributed by atoms with Crippen LogP contribution in [0.1, 0.15) is 65.5 Å². The Labute approximate surface area is 234 Å². The van der Waals surface area contributed by atoms with Gasteiger partial charge in [0, 0.05) is 62.7 Å². The molecule has 5 heteroatoms. The van der Waals surface area contributed by atoms with Crippen molar-refractivity contribution in [3.8, 4) is 5.75 Å². The summed E-state index contributed by atoms with van der Waals surface area (Å²) in [4.78, 5) is 17.6. The molecule has 2 aliphatic heterocycles. The number of carbonyl (C=O) groups excluding carboxylic acids is 1. The number of nitrogen functional groups attached to an aromatic ring is 1. The zero-order valence-electron chi connectivity index (χ0n) is 24.0. The molecule has 2 heterocycles. The first-order valence-corrected chi connectivity index (χ1v) is 14.4. The third kappa shape index (κ3) is 5.84. The van der Waals surface area contributed by atoms with Crippen LogP contribution in [0.4, 0.5) is 5.69 Å². The number of nitrogens with two attached hydrogens (primary N) is 1. The maximum absolute atomic E-state index is 13.1. The second-order valence-corrected chi connectivity index (χ2v) is 11.7. The van der Waals surface area contributed by atoms with Crippen LogP contribution in [0.5, 0.6) is 5.75 Å². The molecule has 0 bridgehead atoms. The van der Waals surface area contributed by atoms with Crippen LogP contribution in [0, 0.1) is 20.8 Å². The molecule has 206 valence electrons. The summed E-state index contributed by atoms with van der Waals surface area (Å²) in [5.41, 5.74) is 14.3. The molecule has 5 rings (SSSR count). The fourth-order valence-electron chi connectivity index (χ4n) is 6.45. The van der Waals surface area contributed by atoms with Gasteiger partial charge in [0.2, 0.25) is 5.91 Å². The molecular weight excluding hydrogens is 482 g/mol. The maximum atomic E-state index is 13.1. The smallest absolute Gasteiger partial charge is 0.222 e. The van der Waals surface area contributed by atoms with Crippen LogP contribution in [-0.2, 0) is 11.2 Å². The van der Waals surface area contributed by atoms with Crippen molar-refractivity contribution in [1.82, 2.24) is 9.80 Å². The van der Waals surface area contributed by atoms with Crippen LogP contribution < -0.4 is 10.5 Å². The Morgan fingerprint density at radius 1 is 0.897 bits per heavy atom. The second-order valence-electron chi connectivity index (χ2n) is 11.7. The molecule has 39 heavy (non-hydrogen) atoms. The number of benzene rings is 3. The number of hydrogen-bond donors (Lipinski definition) is 1. The summed E-state index contributed by atoms with van der Waals surface area (Å²) in [6.07, 6.45) is 3.34. The Balaban J connectivity index is 1.12. The predicted octanol–water partition coefficient (Wildman–Crippen LogP) is 6.03. The molecule has 0 aromatic heterocycles. The van der Waals surface area contributed by atoms with Gasteiger partial charge in [0.15, 0.2) is 0 Å². The molecule has 1 unspecified atom stereocenters.